The van der Waals surface area contributed by atoms with E-state index in [-0.39, 0.29) is 49.5 Å². The first kappa shape index (κ1) is 23.4. The Balaban J connectivity index is 1.54. The van der Waals surface area contributed by atoms with Gasteiger partial charge in [-0.15, -0.1) is 0 Å². The zero-order valence-electron chi connectivity index (χ0n) is 18.6. The fourth-order valence-electron chi connectivity index (χ4n) is 5.02. The highest BCUT2D eigenvalue weighted by Crippen LogP contribution is 2.40. The number of nitrogens with one attached hydrogen (secondary N) is 2. The van der Waals surface area contributed by atoms with E-state index in [4.69, 9.17) is 10.6 Å². The lowest BCUT2D eigenvalue weighted by atomic mass is 9.80. The summed E-state index contributed by atoms with van der Waals surface area (Å²) in [5.41, 5.74) is 7.76. The van der Waals surface area contributed by atoms with Crippen LogP contribution in [-0.4, -0.2) is 78.1 Å². The van der Waals surface area contributed by atoms with Gasteiger partial charge >= 0.3 is 6.03 Å². The smallest absolute Gasteiger partial charge is 0.327 e. The van der Waals surface area contributed by atoms with E-state index in [1.54, 1.807) is 0 Å². The van der Waals surface area contributed by atoms with Crippen LogP contribution in [0, 0.1) is 5.92 Å². The minimum absolute atomic E-state index is 0.0167. The Morgan fingerprint density at radius 3 is 2.59 bits per heavy atom. The summed E-state index contributed by atoms with van der Waals surface area (Å²) in [6.07, 6.45) is 2.78. The molecule has 2 saturated heterocycles. The van der Waals surface area contributed by atoms with Gasteiger partial charge in [-0.1, -0.05) is 0 Å². The molecule has 11 nitrogen and oxygen atoms in total. The quantitative estimate of drug-likeness (QED) is 0.444. The van der Waals surface area contributed by atoms with Crippen molar-refractivity contribution in [2.24, 2.45) is 11.7 Å². The number of rotatable bonds is 8. The van der Waals surface area contributed by atoms with Gasteiger partial charge in [-0.25, -0.2) is 17.9 Å². The summed E-state index contributed by atoms with van der Waals surface area (Å²) in [6, 6.07) is -0.798. The number of nitrogens with zero attached hydrogens (tertiary/aromatic N) is 2. The second-order valence-corrected chi connectivity index (χ2v) is 11.9. The summed E-state index contributed by atoms with van der Waals surface area (Å²) < 4.78 is 28.7. The molecule has 4 N–H and O–H groups in total. The van der Waals surface area contributed by atoms with E-state index in [2.05, 4.69) is 10.2 Å². The molecular weight excluding hydrogens is 438 g/mol. The first-order valence-electron chi connectivity index (χ1n) is 11.3. The van der Waals surface area contributed by atoms with Gasteiger partial charge < -0.3 is 10.6 Å². The molecular formula is C20H33N5O6S. The Labute approximate surface area is 188 Å². The van der Waals surface area contributed by atoms with Gasteiger partial charge in [0.15, 0.2) is 0 Å². The lowest BCUT2D eigenvalue weighted by Crippen LogP contribution is -2.65. The van der Waals surface area contributed by atoms with Gasteiger partial charge in [0.2, 0.25) is 21.8 Å². The largest absolute Gasteiger partial charge is 0.370 e. The van der Waals surface area contributed by atoms with Gasteiger partial charge in [0.05, 0.1) is 23.8 Å². The second-order valence-electron chi connectivity index (χ2n) is 9.95. The molecule has 0 bridgehead atoms. The number of fused-ring (bicyclic) bond motifs is 1. The second kappa shape index (κ2) is 8.54. The molecule has 2 aliphatic heterocycles. The van der Waals surface area contributed by atoms with Crippen molar-refractivity contribution < 1.29 is 27.6 Å². The van der Waals surface area contributed by atoms with Crippen molar-refractivity contribution in [3.05, 3.63) is 0 Å². The van der Waals surface area contributed by atoms with Gasteiger partial charge in [0.25, 0.3) is 0 Å². The molecule has 0 radical (unpaired) electrons. The third kappa shape index (κ3) is 4.78. The van der Waals surface area contributed by atoms with Crippen molar-refractivity contribution in [1.29, 1.82) is 0 Å². The van der Waals surface area contributed by atoms with Crippen LogP contribution < -0.4 is 15.9 Å². The molecule has 2 heterocycles. The van der Waals surface area contributed by atoms with Gasteiger partial charge in [0, 0.05) is 30.6 Å². The summed E-state index contributed by atoms with van der Waals surface area (Å²) in [5, 5.41) is -0.692. The fraction of sp³-hybridized carbons (Fsp3) is 0.850. The van der Waals surface area contributed by atoms with Crippen LogP contribution in [0.4, 0.5) is 4.79 Å². The van der Waals surface area contributed by atoms with E-state index in [0.717, 1.165) is 17.7 Å². The Morgan fingerprint density at radius 1 is 1.28 bits per heavy atom. The Morgan fingerprint density at radius 2 is 2.00 bits per heavy atom. The maximum absolute atomic E-state index is 13.4. The topological polar surface area (TPSA) is 151 Å². The number of carbonyl (C=O) groups is 3. The number of urea groups is 1. The first-order valence-corrected chi connectivity index (χ1v) is 12.9. The number of hydrogen-bond donors (Lipinski definition) is 3. The average Bonchev–Trinajstić information content (AvgIpc) is 3.28. The molecule has 5 unspecified atom stereocenters. The van der Waals surface area contributed by atoms with Crippen LogP contribution in [0.2, 0.25) is 0 Å². The van der Waals surface area contributed by atoms with Crippen LogP contribution in [-0.2, 0) is 24.4 Å². The molecule has 4 fully saturated rings. The van der Waals surface area contributed by atoms with Crippen LogP contribution in [0.5, 0.6) is 0 Å². The predicted molar refractivity (Wildman–Crippen MR) is 114 cm³/mol. The minimum Gasteiger partial charge on any atom is -0.370 e. The average molecular weight is 472 g/mol. The van der Waals surface area contributed by atoms with Crippen LogP contribution in [0.1, 0.15) is 58.8 Å². The monoisotopic (exact) mass is 471 g/mol. The number of hydrogen-bond acceptors (Lipinski definition) is 7. The van der Waals surface area contributed by atoms with Crippen molar-refractivity contribution in [2.45, 2.75) is 87.8 Å². The number of amides is 4. The summed E-state index contributed by atoms with van der Waals surface area (Å²) in [7, 11) is -3.59. The number of nitrogens with two attached hydrogens (primary N) is 1. The molecule has 4 aliphatic rings. The van der Waals surface area contributed by atoms with Crippen molar-refractivity contribution in [1.82, 2.24) is 20.0 Å². The van der Waals surface area contributed by atoms with Crippen molar-refractivity contribution in [3.8, 4) is 0 Å². The molecule has 0 aromatic rings. The highest BCUT2D eigenvalue weighted by molar-refractivity contribution is 7.90. The van der Waals surface area contributed by atoms with Gasteiger partial charge in [-0.3, -0.25) is 19.3 Å². The van der Waals surface area contributed by atoms with E-state index >= 15 is 0 Å². The van der Waals surface area contributed by atoms with E-state index in [0.29, 0.717) is 19.3 Å². The summed E-state index contributed by atoms with van der Waals surface area (Å²) in [4.78, 5) is 46.2. The molecule has 0 aromatic heterocycles. The highest BCUT2D eigenvalue weighted by Gasteiger charge is 2.52. The normalized spacial score (nSPS) is 34.5. The standard InChI is InChI=1S/C20H33N5O6S/c1-12-9-13(31-22-12)11-25-18(27)15-10-14(32(29,30)23-20(2)6-7-20)3-4-16(15)24(19(25)28)8-5-17(21)26/h12-16,22-23H,3-11H2,1-2H3,(H2,21,26). The van der Waals surface area contributed by atoms with Crippen molar-refractivity contribution in [3.63, 3.8) is 0 Å². The zero-order valence-corrected chi connectivity index (χ0v) is 19.4. The number of primary amides is 1. The van der Waals surface area contributed by atoms with Crippen molar-refractivity contribution in [2.75, 3.05) is 13.1 Å². The highest BCUT2D eigenvalue weighted by atomic mass is 32.2. The third-order valence-corrected chi connectivity index (χ3v) is 9.17. The summed E-state index contributed by atoms with van der Waals surface area (Å²) in [6.45, 7) is 4.01. The Hall–Kier alpha value is -1.76. The first-order chi connectivity index (χ1) is 15.0. The van der Waals surface area contributed by atoms with E-state index in [1.165, 1.54) is 4.90 Å². The maximum atomic E-state index is 13.4. The van der Waals surface area contributed by atoms with Crippen LogP contribution >= 0.6 is 0 Å². The molecule has 0 aromatic carbocycles. The predicted octanol–water partition coefficient (Wildman–Crippen LogP) is -0.183. The van der Waals surface area contributed by atoms with Crippen LogP contribution in [0.25, 0.3) is 0 Å². The van der Waals surface area contributed by atoms with Crippen molar-refractivity contribution >= 4 is 27.9 Å². The molecule has 32 heavy (non-hydrogen) atoms. The SMILES string of the molecule is CC1CC(CN2C(=O)C3CC(S(=O)(=O)NC4(C)CC4)CCC3N(CCC(N)=O)C2=O)ON1. The van der Waals surface area contributed by atoms with E-state index < -0.39 is 39.2 Å². The molecule has 4 amide bonds. The number of imide groups is 1. The number of carbonyl (C=O) groups excluding carboxylic acids is 3. The van der Waals surface area contributed by atoms with E-state index in [9.17, 15) is 22.8 Å². The van der Waals surface area contributed by atoms with Crippen LogP contribution in [0.15, 0.2) is 0 Å². The third-order valence-electron chi connectivity index (χ3n) is 7.09. The Kier molecular flexibility index (Phi) is 6.25. The summed E-state index contributed by atoms with van der Waals surface area (Å²) >= 11 is 0. The van der Waals surface area contributed by atoms with Crippen LogP contribution in [0.3, 0.4) is 0 Å². The fourth-order valence-corrected chi connectivity index (χ4v) is 6.99. The minimum atomic E-state index is -3.59. The lowest BCUT2D eigenvalue weighted by molar-refractivity contribution is -0.142. The van der Waals surface area contributed by atoms with E-state index in [1.807, 2.05) is 13.8 Å². The molecule has 2 saturated carbocycles. The Bertz CT molecular complexity index is 891. The molecule has 12 heteroatoms. The molecule has 0 spiro atoms. The van der Waals surface area contributed by atoms with Gasteiger partial charge in [-0.2, -0.15) is 5.48 Å². The molecule has 2 aliphatic carbocycles. The maximum Gasteiger partial charge on any atom is 0.327 e. The van der Waals surface area contributed by atoms with Gasteiger partial charge in [-0.05, 0) is 52.4 Å². The number of hydroxylamine groups is 1. The molecule has 5 atom stereocenters. The zero-order chi connectivity index (χ0) is 23.3. The van der Waals surface area contributed by atoms with Gasteiger partial charge in [0.1, 0.15) is 0 Å². The number of sulfonamides is 1. The molecule has 180 valence electrons. The lowest BCUT2D eigenvalue weighted by Gasteiger charge is -2.48. The molecule has 4 rings (SSSR count). The summed E-state index contributed by atoms with van der Waals surface area (Å²) in [5.74, 6) is -1.54.